The van der Waals surface area contributed by atoms with E-state index in [0.717, 1.165) is 29.9 Å². The van der Waals surface area contributed by atoms with Crippen LogP contribution in [-0.4, -0.2) is 4.57 Å². The molecule has 1 aliphatic carbocycles. The van der Waals surface area contributed by atoms with Crippen molar-refractivity contribution in [2.24, 2.45) is 0 Å². The number of nitrogens with zero attached hydrogens (tertiary/aromatic N) is 2. The van der Waals surface area contributed by atoms with E-state index in [1.165, 1.54) is 92.2 Å². The zero-order chi connectivity index (χ0) is 38.9. The van der Waals surface area contributed by atoms with Gasteiger partial charge in [-0.3, -0.25) is 0 Å². The number of benzene rings is 9. The van der Waals surface area contributed by atoms with Gasteiger partial charge in [0.25, 0.3) is 0 Å². The zero-order valence-corrected chi connectivity index (χ0v) is 33.2. The van der Waals surface area contributed by atoms with Crippen molar-refractivity contribution in [1.29, 1.82) is 0 Å². The van der Waals surface area contributed by atoms with Crippen LogP contribution in [0.25, 0.3) is 80.9 Å². The first-order valence-corrected chi connectivity index (χ1v) is 21.3. The monoisotopic (exact) mass is 770 g/mol. The summed E-state index contributed by atoms with van der Waals surface area (Å²) < 4.78 is 5.14. The molecular weight excluding hydrogens is 733 g/mol. The molecule has 0 unspecified atom stereocenters. The molecule has 0 spiro atoms. The molecule has 0 radical (unpaired) electrons. The fraction of sp³-hybridized carbons (Fsp3) is 0.0357. The number of aryl methyl sites for hydroxylation is 1. The Balaban J connectivity index is 0.978. The summed E-state index contributed by atoms with van der Waals surface area (Å²) in [5.74, 6) is 0. The molecular formula is C56H38N2S. The fourth-order valence-corrected chi connectivity index (χ4v) is 10.8. The zero-order valence-electron chi connectivity index (χ0n) is 32.3. The molecule has 0 saturated heterocycles. The third-order valence-corrected chi connectivity index (χ3v) is 13.5. The molecule has 9 aromatic carbocycles. The lowest BCUT2D eigenvalue weighted by atomic mass is 9.88. The van der Waals surface area contributed by atoms with Gasteiger partial charge in [-0.25, -0.2) is 0 Å². The first kappa shape index (κ1) is 33.9. The van der Waals surface area contributed by atoms with Crippen molar-refractivity contribution in [3.8, 4) is 39.1 Å². The highest BCUT2D eigenvalue weighted by Gasteiger charge is 2.26. The van der Waals surface area contributed by atoms with Gasteiger partial charge >= 0.3 is 0 Å². The number of hydrogen-bond donors (Lipinski definition) is 0. The van der Waals surface area contributed by atoms with E-state index in [1.54, 1.807) is 0 Å². The maximum Gasteiger partial charge on any atom is 0.0538 e. The molecule has 59 heavy (non-hydrogen) atoms. The van der Waals surface area contributed by atoms with Crippen LogP contribution in [0.4, 0.5) is 17.1 Å². The molecule has 0 atom stereocenters. The Morgan fingerprint density at radius 3 is 1.83 bits per heavy atom. The van der Waals surface area contributed by atoms with Crippen molar-refractivity contribution in [3.63, 3.8) is 0 Å². The fourth-order valence-electron chi connectivity index (χ4n) is 9.61. The van der Waals surface area contributed by atoms with Gasteiger partial charge in [-0.05, 0) is 106 Å². The molecule has 3 heteroatoms. The van der Waals surface area contributed by atoms with E-state index in [0.29, 0.717) is 0 Å². The Kier molecular flexibility index (Phi) is 7.89. The maximum absolute atomic E-state index is 2.54. The van der Waals surface area contributed by atoms with E-state index < -0.39 is 0 Å². The van der Waals surface area contributed by atoms with E-state index in [9.17, 15) is 0 Å². The molecule has 2 nitrogen and oxygen atoms in total. The molecule has 278 valence electrons. The Morgan fingerprint density at radius 2 is 1.00 bits per heavy atom. The Morgan fingerprint density at radius 1 is 0.407 bits per heavy atom. The molecule has 0 saturated carbocycles. The van der Waals surface area contributed by atoms with E-state index >= 15 is 0 Å². The summed E-state index contributed by atoms with van der Waals surface area (Å²) in [4.78, 5) is 2.40. The van der Waals surface area contributed by atoms with Crippen LogP contribution in [0.1, 0.15) is 11.3 Å². The summed E-state index contributed by atoms with van der Waals surface area (Å²) in [5.41, 5.74) is 16.3. The van der Waals surface area contributed by atoms with E-state index in [-0.39, 0.29) is 0 Å². The van der Waals surface area contributed by atoms with Gasteiger partial charge in [-0.1, -0.05) is 152 Å². The summed E-state index contributed by atoms with van der Waals surface area (Å²) in [6, 6.07) is 76.0. The molecule has 0 fully saturated rings. The van der Waals surface area contributed by atoms with Crippen molar-refractivity contribution in [3.05, 3.63) is 218 Å². The van der Waals surface area contributed by atoms with E-state index in [4.69, 9.17) is 0 Å². The van der Waals surface area contributed by atoms with Crippen LogP contribution < -0.4 is 4.90 Å². The molecule has 0 amide bonds. The second kappa shape index (κ2) is 13.7. The Labute approximate surface area is 347 Å². The number of anilines is 3. The maximum atomic E-state index is 2.54. The van der Waals surface area contributed by atoms with Gasteiger partial charge in [0, 0.05) is 59.4 Å². The van der Waals surface area contributed by atoms with E-state index in [2.05, 4.69) is 216 Å². The minimum atomic E-state index is 1.01. The van der Waals surface area contributed by atoms with Crippen molar-refractivity contribution in [1.82, 2.24) is 4.57 Å². The van der Waals surface area contributed by atoms with Crippen LogP contribution in [0.5, 0.6) is 0 Å². The first-order chi connectivity index (χ1) is 29.3. The summed E-state index contributed by atoms with van der Waals surface area (Å²) >= 11 is 1.86. The van der Waals surface area contributed by atoms with Gasteiger partial charge in [0.2, 0.25) is 0 Å². The Hall–Kier alpha value is -7.20. The smallest absolute Gasteiger partial charge is 0.0538 e. The Bertz CT molecular complexity index is 3380. The summed E-state index contributed by atoms with van der Waals surface area (Å²) in [5, 5.41) is 6.45. The number of thiophene rings is 1. The third-order valence-electron chi connectivity index (χ3n) is 12.3. The highest BCUT2D eigenvalue weighted by Crippen LogP contribution is 2.45. The lowest BCUT2D eigenvalue weighted by Crippen LogP contribution is -2.10. The molecule has 0 N–H and O–H groups in total. The summed E-state index contributed by atoms with van der Waals surface area (Å²) in [6.07, 6.45) is 2.05. The molecule has 0 aliphatic heterocycles. The summed E-state index contributed by atoms with van der Waals surface area (Å²) in [6.45, 7) is 0. The van der Waals surface area contributed by atoms with E-state index in [1.807, 2.05) is 11.3 Å². The van der Waals surface area contributed by atoms with Crippen LogP contribution in [0.3, 0.4) is 0 Å². The lowest BCUT2D eigenvalue weighted by Gasteiger charge is -2.26. The number of fused-ring (bicyclic) bond motifs is 9. The number of aromatic nitrogens is 1. The van der Waals surface area contributed by atoms with Crippen molar-refractivity contribution < 1.29 is 0 Å². The van der Waals surface area contributed by atoms with Gasteiger partial charge in [-0.15, -0.1) is 11.3 Å². The number of para-hydroxylation sites is 2. The molecule has 1 aliphatic rings. The molecule has 12 rings (SSSR count). The van der Waals surface area contributed by atoms with Gasteiger partial charge in [0.1, 0.15) is 0 Å². The van der Waals surface area contributed by atoms with Gasteiger partial charge in [-0.2, -0.15) is 0 Å². The van der Waals surface area contributed by atoms with Crippen LogP contribution >= 0.6 is 11.3 Å². The van der Waals surface area contributed by atoms with Crippen LogP contribution in [0, 0.1) is 0 Å². The van der Waals surface area contributed by atoms with Crippen molar-refractivity contribution in [2.45, 2.75) is 12.8 Å². The average molecular weight is 771 g/mol. The topological polar surface area (TPSA) is 8.17 Å². The lowest BCUT2D eigenvalue weighted by molar-refractivity contribution is 0.866. The molecule has 2 heterocycles. The molecule has 11 aromatic rings. The third kappa shape index (κ3) is 5.54. The second-order valence-electron chi connectivity index (χ2n) is 15.6. The minimum absolute atomic E-state index is 1.01. The predicted octanol–water partition coefficient (Wildman–Crippen LogP) is 15.7. The van der Waals surface area contributed by atoms with Crippen molar-refractivity contribution >= 4 is 70.2 Å². The molecule has 2 aromatic heterocycles. The van der Waals surface area contributed by atoms with Crippen LogP contribution in [0.2, 0.25) is 0 Å². The van der Waals surface area contributed by atoms with Crippen LogP contribution in [0.15, 0.2) is 206 Å². The second-order valence-corrected chi connectivity index (χ2v) is 16.7. The van der Waals surface area contributed by atoms with Crippen LogP contribution in [-0.2, 0) is 12.8 Å². The summed E-state index contributed by atoms with van der Waals surface area (Å²) in [7, 11) is 0. The van der Waals surface area contributed by atoms with Gasteiger partial charge in [0.05, 0.1) is 11.2 Å². The first-order valence-electron chi connectivity index (χ1n) is 20.5. The largest absolute Gasteiger partial charge is 0.312 e. The standard InChI is InChI=1S/C56H38N2S/c1-3-15-44-37(12-1)14-11-20-45(44)39-24-29-41(30-25-39)57(43-33-34-49-48-18-7-10-23-54(48)59-55(49)36-43)42-31-26-40(27-32-42)46-16-5-8-21-51(46)58-52-22-9-6-19-50(52)56-47-17-4-2-13-38(47)28-35-53(56)58/h1-27,29-34,36H,28,35H2. The van der Waals surface area contributed by atoms with Gasteiger partial charge < -0.3 is 9.47 Å². The molecule has 0 bridgehead atoms. The highest BCUT2D eigenvalue weighted by molar-refractivity contribution is 7.25. The van der Waals surface area contributed by atoms with Gasteiger partial charge in [0.15, 0.2) is 0 Å². The normalized spacial score (nSPS) is 12.3. The highest BCUT2D eigenvalue weighted by atomic mass is 32.1. The average Bonchev–Trinajstić information content (AvgIpc) is 3.85. The minimum Gasteiger partial charge on any atom is -0.312 e. The number of rotatable bonds is 6. The quantitative estimate of drug-likeness (QED) is 0.163. The SMILES string of the molecule is c1ccc2c(c1)CCc1c-2c2ccccc2n1-c1ccccc1-c1ccc(N(c2ccc(-c3cccc4ccccc34)cc2)c2ccc3c(c2)sc2ccccc23)cc1. The van der Waals surface area contributed by atoms with Crippen molar-refractivity contribution in [2.75, 3.05) is 4.90 Å². The number of hydrogen-bond acceptors (Lipinski definition) is 2. The predicted molar refractivity (Wildman–Crippen MR) is 252 cm³/mol.